The highest BCUT2D eigenvalue weighted by Gasteiger charge is 2.25. The molecule has 0 radical (unpaired) electrons. The molecule has 27 heavy (non-hydrogen) atoms. The van der Waals surface area contributed by atoms with E-state index >= 15 is 0 Å². The number of benzene rings is 2. The van der Waals surface area contributed by atoms with Crippen molar-refractivity contribution in [3.63, 3.8) is 0 Å². The minimum absolute atomic E-state index is 0.0249. The van der Waals surface area contributed by atoms with Crippen LogP contribution in [0.5, 0.6) is 17.2 Å². The summed E-state index contributed by atoms with van der Waals surface area (Å²) in [5, 5.41) is 0. The first-order valence-electron chi connectivity index (χ1n) is 9.03. The fraction of sp³-hybridized carbons (Fsp3) is 0.429. The van der Waals surface area contributed by atoms with Gasteiger partial charge in [-0.05, 0) is 55.5 Å². The lowest BCUT2D eigenvalue weighted by atomic mass is 9.87. The molecule has 0 saturated heterocycles. The summed E-state index contributed by atoms with van der Waals surface area (Å²) in [7, 11) is -4.08. The summed E-state index contributed by atoms with van der Waals surface area (Å²) in [5.74, 6) is 1.000. The van der Waals surface area contributed by atoms with Crippen molar-refractivity contribution in [2.75, 3.05) is 13.2 Å². The topological polar surface area (TPSA) is 61.8 Å². The van der Waals surface area contributed by atoms with Crippen LogP contribution in [0, 0.1) is 6.92 Å². The second kappa shape index (κ2) is 8.21. The Morgan fingerprint density at radius 1 is 0.889 bits per heavy atom. The van der Waals surface area contributed by atoms with Gasteiger partial charge in [-0.15, -0.1) is 0 Å². The van der Waals surface area contributed by atoms with Crippen molar-refractivity contribution in [3.05, 3.63) is 47.5 Å². The second-order valence-corrected chi connectivity index (χ2v) is 8.76. The van der Waals surface area contributed by atoms with Crippen molar-refractivity contribution in [2.45, 2.75) is 51.9 Å². The Kier molecular flexibility index (Phi) is 6.42. The van der Waals surface area contributed by atoms with Crippen molar-refractivity contribution >= 4 is 10.1 Å². The average molecular weight is 393 g/mol. The molecule has 0 spiro atoms. The quantitative estimate of drug-likeness (QED) is 0.630. The Morgan fingerprint density at radius 2 is 1.44 bits per heavy atom. The number of hydrogen-bond donors (Lipinski definition) is 0. The second-order valence-electron chi connectivity index (χ2n) is 7.24. The summed E-state index contributed by atoms with van der Waals surface area (Å²) in [4.78, 5) is -0.0432. The molecular weight excluding hydrogens is 364 g/mol. The molecule has 6 heteroatoms. The maximum absolute atomic E-state index is 12.9. The lowest BCUT2D eigenvalue weighted by Crippen LogP contribution is -2.14. The largest absolute Gasteiger partial charge is 0.494 e. The normalized spacial score (nSPS) is 11.9. The van der Waals surface area contributed by atoms with E-state index in [4.69, 9.17) is 13.7 Å². The molecule has 5 nitrogen and oxygen atoms in total. The third-order valence-electron chi connectivity index (χ3n) is 4.04. The molecule has 0 fully saturated rings. The van der Waals surface area contributed by atoms with Gasteiger partial charge >= 0.3 is 10.1 Å². The Hall–Kier alpha value is -2.21. The molecule has 0 unspecified atom stereocenters. The van der Waals surface area contributed by atoms with Crippen LogP contribution in [0.4, 0.5) is 0 Å². The Bertz CT molecular complexity index is 878. The molecule has 0 aliphatic heterocycles. The van der Waals surface area contributed by atoms with Crippen LogP contribution in [0.25, 0.3) is 0 Å². The lowest BCUT2D eigenvalue weighted by Gasteiger charge is -2.19. The zero-order valence-electron chi connectivity index (χ0n) is 16.8. The zero-order valence-corrected chi connectivity index (χ0v) is 17.6. The molecule has 0 bridgehead atoms. The first-order valence-corrected chi connectivity index (χ1v) is 10.4. The van der Waals surface area contributed by atoms with Gasteiger partial charge in [0.15, 0.2) is 4.90 Å². The average Bonchev–Trinajstić information content (AvgIpc) is 2.56. The van der Waals surface area contributed by atoms with Crippen LogP contribution in [0.3, 0.4) is 0 Å². The molecule has 148 valence electrons. The van der Waals surface area contributed by atoms with Gasteiger partial charge in [-0.25, -0.2) is 0 Å². The van der Waals surface area contributed by atoms with Crippen LogP contribution in [0.2, 0.25) is 0 Å². The van der Waals surface area contributed by atoms with Gasteiger partial charge in [-0.1, -0.05) is 32.9 Å². The van der Waals surface area contributed by atoms with Crippen LogP contribution in [-0.2, 0) is 15.5 Å². The maximum Gasteiger partial charge on any atom is 0.343 e. The van der Waals surface area contributed by atoms with Gasteiger partial charge in [0.05, 0.1) is 13.2 Å². The standard InChI is InChI=1S/C21H28O5S/c1-7-24-18-14-20(19(25-8-2)13-15(18)3)27(22,23)26-17-11-9-16(10-12-17)21(4,5)6/h9-14H,7-8H2,1-6H3. The monoisotopic (exact) mass is 392 g/mol. The third-order valence-corrected chi connectivity index (χ3v) is 5.31. The van der Waals surface area contributed by atoms with E-state index in [-0.39, 0.29) is 21.8 Å². The first kappa shape index (κ1) is 21.1. The van der Waals surface area contributed by atoms with Gasteiger partial charge < -0.3 is 13.7 Å². The summed E-state index contributed by atoms with van der Waals surface area (Å²) in [6.45, 7) is 12.5. The van der Waals surface area contributed by atoms with Gasteiger partial charge in [0.25, 0.3) is 0 Å². The summed E-state index contributed by atoms with van der Waals surface area (Å²) in [5.41, 5.74) is 1.87. The van der Waals surface area contributed by atoms with Crippen LogP contribution in [-0.4, -0.2) is 21.6 Å². The van der Waals surface area contributed by atoms with Crippen LogP contribution in [0.1, 0.15) is 45.7 Å². The summed E-state index contributed by atoms with van der Waals surface area (Å²) in [6, 6.07) is 10.2. The molecule has 0 atom stereocenters. The highest BCUT2D eigenvalue weighted by molar-refractivity contribution is 7.87. The highest BCUT2D eigenvalue weighted by Crippen LogP contribution is 2.34. The molecule has 2 aromatic rings. The Labute approximate surface area is 162 Å². The molecule has 0 amide bonds. The molecule has 0 aromatic heterocycles. The van der Waals surface area contributed by atoms with E-state index in [0.29, 0.717) is 19.0 Å². The molecule has 0 aliphatic rings. The Morgan fingerprint density at radius 3 is 1.96 bits per heavy atom. The predicted octanol–water partition coefficient (Wildman–Crippen LogP) is 4.86. The van der Waals surface area contributed by atoms with Gasteiger partial charge in [0.1, 0.15) is 17.2 Å². The number of hydrogen-bond acceptors (Lipinski definition) is 5. The van der Waals surface area contributed by atoms with E-state index in [2.05, 4.69) is 20.8 Å². The van der Waals surface area contributed by atoms with Gasteiger partial charge in [-0.3, -0.25) is 0 Å². The van der Waals surface area contributed by atoms with Gasteiger partial charge in [0.2, 0.25) is 0 Å². The number of ether oxygens (including phenoxy) is 2. The minimum Gasteiger partial charge on any atom is -0.494 e. The maximum atomic E-state index is 12.9. The summed E-state index contributed by atoms with van der Waals surface area (Å²) >= 11 is 0. The van der Waals surface area contributed by atoms with E-state index in [1.807, 2.05) is 26.0 Å². The molecule has 2 aromatic carbocycles. The van der Waals surface area contributed by atoms with E-state index < -0.39 is 10.1 Å². The molecule has 0 aliphatic carbocycles. The molecular formula is C21H28O5S. The SMILES string of the molecule is CCOc1cc(S(=O)(=O)Oc2ccc(C(C)(C)C)cc2)c(OCC)cc1C. The van der Waals surface area contributed by atoms with Crippen molar-refractivity contribution < 1.29 is 22.1 Å². The van der Waals surface area contributed by atoms with Gasteiger partial charge in [0, 0.05) is 6.07 Å². The van der Waals surface area contributed by atoms with Crippen molar-refractivity contribution in [2.24, 2.45) is 0 Å². The minimum atomic E-state index is -4.08. The third kappa shape index (κ3) is 5.16. The first-order chi connectivity index (χ1) is 12.6. The van der Waals surface area contributed by atoms with E-state index in [1.165, 1.54) is 6.07 Å². The molecule has 2 rings (SSSR count). The number of aryl methyl sites for hydroxylation is 1. The summed E-state index contributed by atoms with van der Waals surface area (Å²) < 4.78 is 42.2. The Balaban J connectivity index is 2.41. The zero-order chi connectivity index (χ0) is 20.2. The molecule has 0 heterocycles. The van der Waals surface area contributed by atoms with Crippen LogP contribution in [0.15, 0.2) is 41.3 Å². The molecule has 0 N–H and O–H groups in total. The fourth-order valence-electron chi connectivity index (χ4n) is 2.60. The smallest absolute Gasteiger partial charge is 0.343 e. The van der Waals surface area contributed by atoms with E-state index in [0.717, 1.165) is 11.1 Å². The van der Waals surface area contributed by atoms with E-state index in [1.54, 1.807) is 25.1 Å². The van der Waals surface area contributed by atoms with Gasteiger partial charge in [-0.2, -0.15) is 8.42 Å². The van der Waals surface area contributed by atoms with Crippen molar-refractivity contribution in [3.8, 4) is 17.2 Å². The number of rotatable bonds is 7. The fourth-order valence-corrected chi connectivity index (χ4v) is 3.67. The van der Waals surface area contributed by atoms with Crippen LogP contribution >= 0.6 is 0 Å². The lowest BCUT2D eigenvalue weighted by molar-refractivity contribution is 0.319. The highest BCUT2D eigenvalue weighted by atomic mass is 32.2. The van der Waals surface area contributed by atoms with Crippen LogP contribution < -0.4 is 13.7 Å². The van der Waals surface area contributed by atoms with Crippen molar-refractivity contribution in [1.29, 1.82) is 0 Å². The van der Waals surface area contributed by atoms with E-state index in [9.17, 15) is 8.42 Å². The summed E-state index contributed by atoms with van der Waals surface area (Å²) in [6.07, 6.45) is 0. The molecule has 0 saturated carbocycles. The predicted molar refractivity (Wildman–Crippen MR) is 106 cm³/mol. The van der Waals surface area contributed by atoms with Crippen molar-refractivity contribution in [1.82, 2.24) is 0 Å².